The number of amides is 1. The maximum absolute atomic E-state index is 12.8. The molecule has 1 saturated heterocycles. The van der Waals surface area contributed by atoms with E-state index < -0.39 is 13.9 Å². The molecule has 0 aliphatic carbocycles. The van der Waals surface area contributed by atoms with Crippen LogP contribution in [0.25, 0.3) is 0 Å². The van der Waals surface area contributed by atoms with Crippen LogP contribution >= 0.6 is 0 Å². The topological polar surface area (TPSA) is 59.0 Å². The zero-order valence-electron chi connectivity index (χ0n) is 21.7. The Bertz CT molecular complexity index is 897. The first-order chi connectivity index (χ1) is 15.9. The van der Waals surface area contributed by atoms with Crippen LogP contribution in [0, 0.1) is 11.8 Å². The number of carbonyl (C=O) groups excluding carboxylic acids is 1. The molecule has 5 nitrogen and oxygen atoms in total. The van der Waals surface area contributed by atoms with Gasteiger partial charge in [0.05, 0.1) is 0 Å². The van der Waals surface area contributed by atoms with E-state index in [1.54, 1.807) is 4.90 Å². The Labute approximate surface area is 206 Å². The summed E-state index contributed by atoms with van der Waals surface area (Å²) in [5.74, 6) is -0.0418. The molecule has 1 aliphatic heterocycles. The molecule has 0 saturated carbocycles. The molecule has 2 aromatic carbocycles. The lowest BCUT2D eigenvalue weighted by Crippen LogP contribution is -2.68. The predicted molar refractivity (Wildman–Crippen MR) is 140 cm³/mol. The van der Waals surface area contributed by atoms with Crippen LogP contribution in [0.3, 0.4) is 0 Å². The van der Waals surface area contributed by atoms with E-state index in [2.05, 4.69) is 76.2 Å². The summed E-state index contributed by atoms with van der Waals surface area (Å²) in [6.45, 7) is 15.5. The van der Waals surface area contributed by atoms with Crippen molar-refractivity contribution in [3.8, 4) is 0 Å². The van der Waals surface area contributed by atoms with E-state index in [1.807, 2.05) is 32.9 Å². The second-order valence-corrected chi connectivity index (χ2v) is 15.7. The van der Waals surface area contributed by atoms with Gasteiger partial charge in [-0.1, -0.05) is 81.4 Å². The molecule has 0 unspecified atom stereocenters. The number of aliphatic hydroxyl groups excluding tert-OH is 1. The average Bonchev–Trinajstić information content (AvgIpc) is 3.21. The molecular weight excluding hydrogens is 442 g/mol. The molecule has 1 aliphatic rings. The zero-order valence-corrected chi connectivity index (χ0v) is 22.7. The highest BCUT2D eigenvalue weighted by Gasteiger charge is 2.52. The summed E-state index contributed by atoms with van der Waals surface area (Å²) in [7, 11) is -2.73. The van der Waals surface area contributed by atoms with Gasteiger partial charge in [0.1, 0.15) is 5.60 Å². The number of nitrogens with zero attached hydrogens (tertiary/aromatic N) is 1. The first-order valence-electron chi connectivity index (χ1n) is 12.3. The predicted octanol–water partition coefficient (Wildman–Crippen LogP) is 4.43. The number of rotatable bonds is 6. The minimum absolute atomic E-state index is 0.0123. The van der Waals surface area contributed by atoms with Crippen molar-refractivity contribution in [2.75, 3.05) is 19.7 Å². The fourth-order valence-corrected chi connectivity index (χ4v) is 9.90. The van der Waals surface area contributed by atoms with Gasteiger partial charge in [-0.25, -0.2) is 4.79 Å². The standard InChI is InChI=1S/C28H41NO4Si/c1-21(25-19-29(18-22(25)20-30)26(31)32-27(2,3)4)33-34(28(5,6)7,23-14-10-8-11-15-23)24-16-12-9-13-17-24/h8-17,21-22,25,30H,18-20H2,1-7H3/t21-,22-,25-/m0/s1. The van der Waals surface area contributed by atoms with Crippen LogP contribution in [-0.4, -0.2) is 55.8 Å². The van der Waals surface area contributed by atoms with Gasteiger partial charge in [0.25, 0.3) is 8.32 Å². The van der Waals surface area contributed by atoms with Crippen LogP contribution in [0.4, 0.5) is 4.79 Å². The van der Waals surface area contributed by atoms with E-state index in [-0.39, 0.29) is 35.7 Å². The van der Waals surface area contributed by atoms with Gasteiger partial charge in [-0.15, -0.1) is 0 Å². The fourth-order valence-electron chi connectivity index (χ4n) is 5.15. The Balaban J connectivity index is 1.97. The normalized spacial score (nSPS) is 20.3. The summed E-state index contributed by atoms with van der Waals surface area (Å²) in [4.78, 5) is 14.5. The Kier molecular flexibility index (Phi) is 7.95. The van der Waals surface area contributed by atoms with E-state index in [9.17, 15) is 9.90 Å². The van der Waals surface area contributed by atoms with Crippen molar-refractivity contribution in [2.24, 2.45) is 11.8 Å². The largest absolute Gasteiger partial charge is 0.444 e. The summed E-state index contributed by atoms with van der Waals surface area (Å²) < 4.78 is 12.9. The number of benzene rings is 2. The van der Waals surface area contributed by atoms with Crippen molar-refractivity contribution in [3.05, 3.63) is 60.7 Å². The first-order valence-corrected chi connectivity index (χ1v) is 14.2. The molecule has 34 heavy (non-hydrogen) atoms. The van der Waals surface area contributed by atoms with Crippen molar-refractivity contribution in [1.82, 2.24) is 4.90 Å². The third-order valence-corrected chi connectivity index (χ3v) is 11.9. The maximum atomic E-state index is 12.8. The first kappa shape index (κ1) is 26.5. The fraction of sp³-hybridized carbons (Fsp3) is 0.536. The van der Waals surface area contributed by atoms with E-state index in [1.165, 1.54) is 10.4 Å². The van der Waals surface area contributed by atoms with Crippen molar-refractivity contribution >= 4 is 24.8 Å². The van der Waals surface area contributed by atoms with Crippen LogP contribution < -0.4 is 10.4 Å². The lowest BCUT2D eigenvalue weighted by molar-refractivity contribution is 0.0274. The second-order valence-electron chi connectivity index (χ2n) is 11.5. The molecule has 1 heterocycles. The molecule has 3 rings (SSSR count). The zero-order chi connectivity index (χ0) is 25.1. The van der Waals surface area contributed by atoms with Gasteiger partial charge in [0, 0.05) is 37.6 Å². The average molecular weight is 484 g/mol. The molecule has 0 bridgehead atoms. The Morgan fingerprint density at radius 3 is 1.88 bits per heavy atom. The van der Waals surface area contributed by atoms with Crippen LogP contribution in [-0.2, 0) is 9.16 Å². The highest BCUT2D eigenvalue weighted by atomic mass is 28.4. The van der Waals surface area contributed by atoms with Crippen molar-refractivity contribution < 1.29 is 19.1 Å². The Morgan fingerprint density at radius 1 is 0.971 bits per heavy atom. The van der Waals surface area contributed by atoms with Crippen molar-refractivity contribution in [2.45, 2.75) is 65.2 Å². The van der Waals surface area contributed by atoms with Crippen LogP contribution in [0.15, 0.2) is 60.7 Å². The van der Waals surface area contributed by atoms with Gasteiger partial charge < -0.3 is 19.2 Å². The van der Waals surface area contributed by atoms with Crippen LogP contribution in [0.5, 0.6) is 0 Å². The summed E-state index contributed by atoms with van der Waals surface area (Å²) in [6, 6.07) is 21.1. The van der Waals surface area contributed by atoms with Gasteiger partial charge in [0.15, 0.2) is 0 Å². The quantitative estimate of drug-likeness (QED) is 0.618. The van der Waals surface area contributed by atoms with Gasteiger partial charge in [0.2, 0.25) is 0 Å². The number of hydrogen-bond donors (Lipinski definition) is 1. The molecule has 1 N–H and O–H groups in total. The lowest BCUT2D eigenvalue weighted by atomic mass is 9.92. The Hall–Kier alpha value is -2.15. The van der Waals surface area contributed by atoms with E-state index in [0.717, 1.165) is 0 Å². The van der Waals surface area contributed by atoms with E-state index in [4.69, 9.17) is 9.16 Å². The van der Waals surface area contributed by atoms with Gasteiger partial charge in [-0.2, -0.15) is 0 Å². The lowest BCUT2D eigenvalue weighted by Gasteiger charge is -2.46. The monoisotopic (exact) mass is 483 g/mol. The molecule has 186 valence electrons. The number of ether oxygens (including phenoxy) is 1. The highest BCUT2D eigenvalue weighted by molar-refractivity contribution is 6.99. The smallest absolute Gasteiger partial charge is 0.410 e. The number of hydrogen-bond acceptors (Lipinski definition) is 4. The van der Waals surface area contributed by atoms with Gasteiger partial charge in [-0.05, 0) is 43.1 Å². The number of aliphatic hydroxyl groups is 1. The SMILES string of the molecule is C[C@H](O[Si](c1ccccc1)(c1ccccc1)C(C)(C)C)[C@@H]1CN(C(=O)OC(C)(C)C)C[C@H]1CO. The molecule has 0 spiro atoms. The van der Waals surface area contributed by atoms with Crippen LogP contribution in [0.2, 0.25) is 5.04 Å². The van der Waals surface area contributed by atoms with E-state index >= 15 is 0 Å². The van der Waals surface area contributed by atoms with Crippen molar-refractivity contribution in [1.29, 1.82) is 0 Å². The summed E-state index contributed by atoms with van der Waals surface area (Å²) in [6.07, 6.45) is -0.484. The number of likely N-dealkylation sites (tertiary alicyclic amines) is 1. The summed E-state index contributed by atoms with van der Waals surface area (Å²) in [5, 5.41) is 12.5. The summed E-state index contributed by atoms with van der Waals surface area (Å²) >= 11 is 0. The van der Waals surface area contributed by atoms with Crippen LogP contribution in [0.1, 0.15) is 48.5 Å². The third-order valence-electron chi connectivity index (χ3n) is 6.76. The molecule has 6 heteroatoms. The molecule has 0 radical (unpaired) electrons. The molecule has 0 aromatic heterocycles. The van der Waals surface area contributed by atoms with Gasteiger partial charge in [-0.3, -0.25) is 0 Å². The third kappa shape index (κ3) is 5.56. The highest BCUT2D eigenvalue weighted by Crippen LogP contribution is 2.40. The van der Waals surface area contributed by atoms with E-state index in [0.29, 0.717) is 13.1 Å². The molecule has 2 aromatic rings. The number of carbonyl (C=O) groups is 1. The molecule has 3 atom stereocenters. The molecular formula is C28H41NO4Si. The maximum Gasteiger partial charge on any atom is 0.410 e. The minimum Gasteiger partial charge on any atom is -0.444 e. The molecule has 1 fully saturated rings. The van der Waals surface area contributed by atoms with Crippen molar-refractivity contribution in [3.63, 3.8) is 0 Å². The minimum atomic E-state index is -2.73. The Morgan fingerprint density at radius 2 is 1.47 bits per heavy atom. The second kappa shape index (κ2) is 10.2. The summed E-state index contributed by atoms with van der Waals surface area (Å²) in [5.41, 5.74) is -0.555. The molecule has 1 amide bonds. The van der Waals surface area contributed by atoms with Gasteiger partial charge >= 0.3 is 6.09 Å².